The van der Waals surface area contributed by atoms with Crippen LogP contribution < -0.4 is 5.76 Å². The molecule has 97 valence electrons. The molecular weight excluding hydrogens is 242 g/mol. The third kappa shape index (κ3) is 2.19. The molecule has 0 saturated heterocycles. The Morgan fingerprint density at radius 2 is 2.16 bits per heavy atom. The highest BCUT2D eigenvalue weighted by molar-refractivity contribution is 5.72. The number of hydrogen-bond donors (Lipinski definition) is 0. The summed E-state index contributed by atoms with van der Waals surface area (Å²) < 4.78 is 8.61. The van der Waals surface area contributed by atoms with Crippen molar-refractivity contribution in [3.05, 3.63) is 60.2 Å². The average molecular weight is 256 g/mol. The lowest BCUT2D eigenvalue weighted by Crippen LogP contribution is -2.17. The van der Waals surface area contributed by atoms with Crippen LogP contribution in [0.3, 0.4) is 0 Å². The summed E-state index contributed by atoms with van der Waals surface area (Å²) in [5.41, 5.74) is 1.44. The van der Waals surface area contributed by atoms with E-state index in [0.717, 1.165) is 5.52 Å². The molecular formula is C14H14N3O2. The number of aryl methyl sites for hydroxylation is 1. The Hall–Kier alpha value is -2.30. The second-order valence-corrected chi connectivity index (χ2v) is 4.42. The standard InChI is InChI=1S/C14H14N3O2/c1-11(17-9-4-8-15-17)7-10-16-12-5-2-3-6-13(12)19-14(16)18/h2-6,8-9,11H,1,7,10H2. The molecule has 0 spiro atoms. The number of rotatable bonds is 4. The van der Waals surface area contributed by atoms with Crippen molar-refractivity contribution in [1.29, 1.82) is 0 Å². The molecule has 2 aromatic heterocycles. The molecule has 0 bridgehead atoms. The number of benzene rings is 1. The van der Waals surface area contributed by atoms with Crippen molar-refractivity contribution in [1.82, 2.24) is 14.3 Å². The van der Waals surface area contributed by atoms with E-state index in [0.29, 0.717) is 18.5 Å². The number of nitrogens with zero attached hydrogens (tertiary/aromatic N) is 3. The van der Waals surface area contributed by atoms with E-state index in [-0.39, 0.29) is 11.8 Å². The van der Waals surface area contributed by atoms with Crippen LogP contribution in [0.5, 0.6) is 0 Å². The van der Waals surface area contributed by atoms with Crippen molar-refractivity contribution in [3.8, 4) is 0 Å². The summed E-state index contributed by atoms with van der Waals surface area (Å²) >= 11 is 0. The van der Waals surface area contributed by atoms with Crippen LogP contribution in [-0.2, 0) is 6.54 Å². The van der Waals surface area contributed by atoms with Gasteiger partial charge in [0, 0.05) is 18.9 Å². The Morgan fingerprint density at radius 3 is 2.95 bits per heavy atom. The summed E-state index contributed by atoms with van der Waals surface area (Å²) in [6.45, 7) is 4.60. The predicted octanol–water partition coefficient (Wildman–Crippen LogP) is 2.26. The second kappa shape index (κ2) is 4.76. The number of hydrogen-bond acceptors (Lipinski definition) is 3. The molecule has 0 aliphatic carbocycles. The summed E-state index contributed by atoms with van der Waals surface area (Å²) in [5, 5.41) is 4.14. The summed E-state index contributed by atoms with van der Waals surface area (Å²) in [7, 11) is 0. The van der Waals surface area contributed by atoms with Crippen LogP contribution in [-0.4, -0.2) is 14.3 Å². The van der Waals surface area contributed by atoms with Crippen molar-refractivity contribution < 1.29 is 4.42 Å². The SMILES string of the molecule is [CH2]C(CCn1c(=O)oc2ccccc21)n1cccn1. The lowest BCUT2D eigenvalue weighted by atomic mass is 10.2. The third-order valence-electron chi connectivity index (χ3n) is 3.16. The first-order chi connectivity index (χ1) is 9.25. The van der Waals surface area contributed by atoms with Crippen molar-refractivity contribution in [2.24, 2.45) is 0 Å². The minimum absolute atomic E-state index is 0.00411. The van der Waals surface area contributed by atoms with Gasteiger partial charge in [0.15, 0.2) is 5.58 Å². The Balaban J connectivity index is 1.82. The van der Waals surface area contributed by atoms with Crippen molar-refractivity contribution in [2.75, 3.05) is 0 Å². The zero-order valence-electron chi connectivity index (χ0n) is 10.4. The molecule has 0 amide bonds. The number of para-hydroxylation sites is 2. The largest absolute Gasteiger partial charge is 0.419 e. The summed E-state index contributed by atoms with van der Waals surface area (Å²) in [4.78, 5) is 11.8. The van der Waals surface area contributed by atoms with Gasteiger partial charge in [0.25, 0.3) is 0 Å². The molecule has 3 rings (SSSR count). The molecule has 2 heterocycles. The van der Waals surface area contributed by atoms with Gasteiger partial charge in [0.05, 0.1) is 11.6 Å². The molecule has 5 heteroatoms. The first-order valence-corrected chi connectivity index (χ1v) is 6.16. The minimum atomic E-state index is -0.325. The van der Waals surface area contributed by atoms with Crippen LogP contribution in [0.4, 0.5) is 0 Å². The van der Waals surface area contributed by atoms with Crippen LogP contribution in [0.2, 0.25) is 0 Å². The van der Waals surface area contributed by atoms with Crippen LogP contribution in [0.25, 0.3) is 11.1 Å². The molecule has 0 fully saturated rings. The van der Waals surface area contributed by atoms with Gasteiger partial charge >= 0.3 is 5.76 Å². The monoisotopic (exact) mass is 256 g/mol. The van der Waals surface area contributed by atoms with Gasteiger partial charge in [-0.1, -0.05) is 12.1 Å². The van der Waals surface area contributed by atoms with E-state index in [1.165, 1.54) is 0 Å². The molecule has 5 nitrogen and oxygen atoms in total. The lowest BCUT2D eigenvalue weighted by molar-refractivity contribution is 0.439. The topological polar surface area (TPSA) is 53.0 Å². The molecule has 0 aliphatic heterocycles. The van der Waals surface area contributed by atoms with Crippen LogP contribution in [0.1, 0.15) is 12.5 Å². The number of fused-ring (bicyclic) bond motifs is 1. The highest BCUT2D eigenvalue weighted by atomic mass is 16.4. The molecule has 1 atom stereocenters. The quantitative estimate of drug-likeness (QED) is 0.719. The van der Waals surface area contributed by atoms with Crippen molar-refractivity contribution >= 4 is 11.1 Å². The van der Waals surface area contributed by atoms with Gasteiger partial charge in [-0.05, 0) is 31.5 Å². The molecule has 1 unspecified atom stereocenters. The average Bonchev–Trinajstić information content (AvgIpc) is 3.03. The predicted molar refractivity (Wildman–Crippen MR) is 71.7 cm³/mol. The molecule has 0 saturated carbocycles. The fourth-order valence-corrected chi connectivity index (χ4v) is 2.13. The summed E-state index contributed by atoms with van der Waals surface area (Å²) in [6.07, 6.45) is 4.30. The van der Waals surface area contributed by atoms with Crippen LogP contribution in [0, 0.1) is 6.92 Å². The van der Waals surface area contributed by atoms with E-state index in [1.807, 2.05) is 30.5 Å². The fraction of sp³-hybridized carbons (Fsp3) is 0.214. The first-order valence-electron chi connectivity index (χ1n) is 6.16. The second-order valence-electron chi connectivity index (χ2n) is 4.42. The van der Waals surface area contributed by atoms with Gasteiger partial charge in [-0.2, -0.15) is 5.10 Å². The van der Waals surface area contributed by atoms with Gasteiger partial charge in [0.2, 0.25) is 0 Å². The highest BCUT2D eigenvalue weighted by Crippen LogP contribution is 2.15. The molecule has 0 aliphatic rings. The normalized spacial score (nSPS) is 12.9. The van der Waals surface area contributed by atoms with Gasteiger partial charge in [0.1, 0.15) is 0 Å². The maximum atomic E-state index is 11.8. The molecule has 1 aromatic carbocycles. The smallest absolute Gasteiger partial charge is 0.408 e. The van der Waals surface area contributed by atoms with Crippen LogP contribution in [0.15, 0.2) is 51.9 Å². The minimum Gasteiger partial charge on any atom is -0.408 e. The first kappa shape index (κ1) is 11.8. The van der Waals surface area contributed by atoms with E-state index in [4.69, 9.17) is 4.42 Å². The zero-order valence-corrected chi connectivity index (χ0v) is 10.4. The molecule has 3 aromatic rings. The van der Waals surface area contributed by atoms with E-state index in [1.54, 1.807) is 21.5 Å². The van der Waals surface area contributed by atoms with Gasteiger partial charge < -0.3 is 4.42 Å². The zero-order chi connectivity index (χ0) is 13.2. The van der Waals surface area contributed by atoms with Gasteiger partial charge in [-0.3, -0.25) is 9.25 Å². The number of oxazole rings is 1. The molecule has 1 radical (unpaired) electrons. The maximum Gasteiger partial charge on any atom is 0.419 e. The summed E-state index contributed by atoms with van der Waals surface area (Å²) in [6, 6.07) is 9.27. The highest BCUT2D eigenvalue weighted by Gasteiger charge is 2.10. The summed E-state index contributed by atoms with van der Waals surface area (Å²) in [5.74, 6) is -0.325. The Labute approximate surface area is 110 Å². The van der Waals surface area contributed by atoms with E-state index in [2.05, 4.69) is 12.0 Å². The Kier molecular flexibility index (Phi) is 2.95. The fourth-order valence-electron chi connectivity index (χ4n) is 2.13. The molecule has 19 heavy (non-hydrogen) atoms. The van der Waals surface area contributed by atoms with Crippen molar-refractivity contribution in [2.45, 2.75) is 19.0 Å². The van der Waals surface area contributed by atoms with Gasteiger partial charge in [-0.25, -0.2) is 4.79 Å². The Bertz CT molecular complexity index is 725. The van der Waals surface area contributed by atoms with Crippen molar-refractivity contribution in [3.63, 3.8) is 0 Å². The van der Waals surface area contributed by atoms with Crippen LogP contribution >= 0.6 is 0 Å². The van der Waals surface area contributed by atoms with E-state index >= 15 is 0 Å². The Morgan fingerprint density at radius 1 is 1.32 bits per heavy atom. The van der Waals surface area contributed by atoms with Gasteiger partial charge in [-0.15, -0.1) is 0 Å². The third-order valence-corrected chi connectivity index (χ3v) is 3.16. The lowest BCUT2D eigenvalue weighted by Gasteiger charge is -2.11. The van der Waals surface area contributed by atoms with E-state index < -0.39 is 0 Å². The molecule has 0 N–H and O–H groups in total. The van der Waals surface area contributed by atoms with E-state index in [9.17, 15) is 4.79 Å². The number of aromatic nitrogens is 3. The maximum absolute atomic E-state index is 11.8.